The van der Waals surface area contributed by atoms with E-state index in [0.717, 1.165) is 12.8 Å². The normalized spacial score (nSPS) is 22.8. The Morgan fingerprint density at radius 2 is 1.60 bits per heavy atom. The fourth-order valence-electron chi connectivity index (χ4n) is 7.96. The number of ether oxygens (including phenoxy) is 5. The second kappa shape index (κ2) is 21.9. The Balaban J connectivity index is 1.06. The highest BCUT2D eigenvalue weighted by Crippen LogP contribution is 2.55. The maximum atomic E-state index is 13.4. The molecular formula is C43H66N5O9P. The predicted octanol–water partition coefficient (Wildman–Crippen LogP) is 9.18. The number of fused-ring (bicyclic) bond motifs is 2. The smallest absolute Gasteiger partial charge is 0.472 e. The number of unbranched alkanes of at least 4 members (excludes halogenated alkanes) is 15. The van der Waals surface area contributed by atoms with E-state index in [2.05, 4.69) is 23.1 Å². The summed E-state index contributed by atoms with van der Waals surface area (Å²) in [5.74, 6) is -0.292. The summed E-state index contributed by atoms with van der Waals surface area (Å²) in [6, 6.07) is 12.4. The first-order chi connectivity index (χ1) is 27.9. The molecule has 0 aliphatic carbocycles. The first-order valence-corrected chi connectivity index (χ1v) is 22.9. The number of aromatic nitrogens is 3. The van der Waals surface area contributed by atoms with Gasteiger partial charge in [-0.05, 0) is 57.5 Å². The lowest BCUT2D eigenvalue weighted by Gasteiger charge is -2.31. The molecule has 2 aromatic heterocycles. The van der Waals surface area contributed by atoms with Crippen molar-refractivity contribution in [2.75, 3.05) is 38.8 Å². The Kier molecular flexibility index (Phi) is 17.4. The molecule has 2 saturated heterocycles. The van der Waals surface area contributed by atoms with Crippen molar-refractivity contribution >= 4 is 19.2 Å². The molecule has 3 aromatic rings. The van der Waals surface area contributed by atoms with Crippen molar-refractivity contribution < 1.29 is 42.2 Å². The van der Waals surface area contributed by atoms with E-state index in [0.29, 0.717) is 34.9 Å². The number of nitrogens with two attached hydrogens (primary N) is 1. The molecule has 1 aromatic carbocycles. The minimum atomic E-state index is -4.64. The molecule has 3 N–H and O–H groups in total. The van der Waals surface area contributed by atoms with Gasteiger partial charge in [-0.25, -0.2) is 14.1 Å². The van der Waals surface area contributed by atoms with Gasteiger partial charge in [-0.3, -0.25) is 9.05 Å². The van der Waals surface area contributed by atoms with Crippen molar-refractivity contribution in [2.45, 2.75) is 160 Å². The van der Waals surface area contributed by atoms with Crippen molar-refractivity contribution in [3.05, 3.63) is 54.0 Å². The van der Waals surface area contributed by atoms with Crippen LogP contribution < -0.4 is 10.5 Å². The van der Waals surface area contributed by atoms with Crippen molar-refractivity contribution in [3.63, 3.8) is 0 Å². The Morgan fingerprint density at radius 1 is 0.948 bits per heavy atom. The van der Waals surface area contributed by atoms with E-state index in [4.69, 9.17) is 38.5 Å². The zero-order valence-electron chi connectivity index (χ0n) is 35.1. The third-order valence-electron chi connectivity index (χ3n) is 11.0. The summed E-state index contributed by atoms with van der Waals surface area (Å²) in [6.07, 6.45) is 20.5. The number of hydrogen-bond acceptors (Lipinski definition) is 12. The first kappa shape index (κ1) is 46.0. The summed E-state index contributed by atoms with van der Waals surface area (Å²) >= 11 is 0. The number of benzene rings is 1. The van der Waals surface area contributed by atoms with Crippen LogP contribution in [0, 0.1) is 11.3 Å². The third-order valence-corrected chi connectivity index (χ3v) is 11.9. The van der Waals surface area contributed by atoms with Crippen LogP contribution in [0.15, 0.2) is 42.7 Å². The van der Waals surface area contributed by atoms with Crippen LogP contribution in [0.1, 0.15) is 142 Å². The van der Waals surface area contributed by atoms with Gasteiger partial charge in [-0.2, -0.15) is 10.4 Å². The predicted molar refractivity (Wildman–Crippen MR) is 221 cm³/mol. The fourth-order valence-corrected chi connectivity index (χ4v) is 8.80. The molecule has 2 aliphatic heterocycles. The summed E-state index contributed by atoms with van der Waals surface area (Å²) in [7, 11) is -4.64. The van der Waals surface area contributed by atoms with Crippen LogP contribution in [0.5, 0.6) is 5.75 Å². The van der Waals surface area contributed by atoms with Gasteiger partial charge in [0.15, 0.2) is 17.2 Å². The van der Waals surface area contributed by atoms with E-state index < -0.39 is 37.0 Å². The molecule has 0 spiro atoms. The van der Waals surface area contributed by atoms with Crippen LogP contribution in [-0.4, -0.2) is 76.1 Å². The van der Waals surface area contributed by atoms with Crippen molar-refractivity contribution in [1.29, 1.82) is 5.26 Å². The van der Waals surface area contributed by atoms with Crippen LogP contribution in [-0.2, 0) is 38.2 Å². The van der Waals surface area contributed by atoms with Gasteiger partial charge in [0.1, 0.15) is 35.4 Å². The number of phosphoric acid groups is 1. The molecule has 4 heterocycles. The summed E-state index contributed by atoms with van der Waals surface area (Å²) in [5.41, 5.74) is 5.42. The van der Waals surface area contributed by atoms with Crippen LogP contribution in [0.2, 0.25) is 0 Å². The summed E-state index contributed by atoms with van der Waals surface area (Å²) in [6.45, 7) is 7.63. The fraction of sp³-hybridized carbons (Fsp3) is 0.698. The molecule has 0 amide bonds. The number of anilines is 1. The molecule has 2 fully saturated rings. The third kappa shape index (κ3) is 12.9. The van der Waals surface area contributed by atoms with Gasteiger partial charge < -0.3 is 34.3 Å². The standard InChI is InChI=1S/C43H66N5O9P/c1-5-6-7-8-9-10-11-12-13-14-15-16-17-18-19-20-26-51-29-36(55-35-23-21-22-34(27-35)28-44)30-53-58(49,50)54-31-42(4)40-43(32-52-42,57-41(2,3)56-40)38-25-24-37-39(45)46-33-47-48(37)38/h21-25,27,33,36,40H,5-20,26,29-32H2,1-4H3,(H,49,50)(H2,45,46,47)/t36-,40-,42-,43+/m1/s1. The van der Waals surface area contributed by atoms with Gasteiger partial charge in [0.25, 0.3) is 0 Å². The van der Waals surface area contributed by atoms with Crippen LogP contribution in [0.3, 0.4) is 0 Å². The molecule has 14 nitrogen and oxygen atoms in total. The van der Waals surface area contributed by atoms with Crippen molar-refractivity contribution in [2.24, 2.45) is 0 Å². The summed E-state index contributed by atoms with van der Waals surface area (Å²) in [4.78, 5) is 15.0. The van der Waals surface area contributed by atoms with E-state index >= 15 is 0 Å². The molecule has 0 bridgehead atoms. The Bertz CT molecular complexity index is 1800. The zero-order valence-corrected chi connectivity index (χ0v) is 36.0. The maximum absolute atomic E-state index is 13.4. The van der Waals surface area contributed by atoms with Gasteiger partial charge in [0.2, 0.25) is 0 Å². The van der Waals surface area contributed by atoms with E-state index in [1.165, 1.54) is 96.2 Å². The highest BCUT2D eigenvalue weighted by molar-refractivity contribution is 7.47. The zero-order chi connectivity index (χ0) is 41.5. The van der Waals surface area contributed by atoms with Gasteiger partial charge in [-0.1, -0.05) is 109 Å². The number of nitrogen functional groups attached to an aromatic ring is 1. The molecule has 2 aliphatic rings. The lowest BCUT2D eigenvalue weighted by atomic mass is 9.86. The van der Waals surface area contributed by atoms with Crippen LogP contribution in [0.4, 0.5) is 5.82 Å². The number of nitrogens with zero attached hydrogens (tertiary/aromatic N) is 4. The maximum Gasteiger partial charge on any atom is 0.472 e. The monoisotopic (exact) mass is 827 g/mol. The number of hydrogen-bond donors (Lipinski definition) is 2. The Morgan fingerprint density at radius 3 is 2.26 bits per heavy atom. The molecule has 0 radical (unpaired) electrons. The first-order valence-electron chi connectivity index (χ1n) is 21.4. The average molecular weight is 828 g/mol. The quantitative estimate of drug-likeness (QED) is 0.0523. The highest BCUT2D eigenvalue weighted by atomic mass is 31.2. The molecular weight excluding hydrogens is 761 g/mol. The number of phosphoric ester groups is 1. The van der Waals surface area contributed by atoms with Crippen molar-refractivity contribution in [3.8, 4) is 11.8 Å². The van der Waals surface area contributed by atoms with Crippen molar-refractivity contribution in [1.82, 2.24) is 14.6 Å². The van der Waals surface area contributed by atoms with Gasteiger partial charge in [0, 0.05) is 6.61 Å². The van der Waals surface area contributed by atoms with E-state index in [1.807, 2.05) is 6.07 Å². The molecule has 1 unspecified atom stereocenters. The highest BCUT2D eigenvalue weighted by Gasteiger charge is 2.68. The second-order valence-corrected chi connectivity index (χ2v) is 17.9. The molecule has 322 valence electrons. The lowest BCUT2D eigenvalue weighted by molar-refractivity contribution is -0.208. The minimum Gasteiger partial charge on any atom is -0.486 e. The second-order valence-electron chi connectivity index (χ2n) is 16.4. The largest absolute Gasteiger partial charge is 0.486 e. The Labute approximate surface area is 344 Å². The molecule has 0 saturated carbocycles. The molecule has 58 heavy (non-hydrogen) atoms. The molecule has 5 rings (SSSR count). The lowest BCUT2D eigenvalue weighted by Crippen LogP contribution is -2.48. The van der Waals surface area contributed by atoms with Gasteiger partial charge >= 0.3 is 7.82 Å². The van der Waals surface area contributed by atoms with Crippen LogP contribution >= 0.6 is 7.82 Å². The SMILES string of the molecule is CCCCCCCCCCCCCCCCCCOC[C@H](COP(=O)(O)OC[C@@]1(C)OC[C@@]2(c3ccc4c(N)ncnn34)OC(C)(C)O[C@H]12)Oc1cccc(C#N)c1. The van der Waals surface area contributed by atoms with Gasteiger partial charge in [-0.15, -0.1) is 0 Å². The summed E-state index contributed by atoms with van der Waals surface area (Å²) < 4.78 is 57.3. The number of rotatable bonds is 28. The van der Waals surface area contributed by atoms with Gasteiger partial charge in [0.05, 0.1) is 43.8 Å². The van der Waals surface area contributed by atoms with E-state index in [9.17, 15) is 14.7 Å². The molecule has 15 heteroatoms. The van der Waals surface area contributed by atoms with E-state index in [-0.39, 0.29) is 26.4 Å². The number of nitriles is 1. The molecule has 5 atom stereocenters. The van der Waals surface area contributed by atoms with Crippen LogP contribution in [0.25, 0.3) is 5.52 Å². The average Bonchev–Trinajstić information content (AvgIpc) is 3.85. The Hall–Kier alpha value is -3.12. The van der Waals surface area contributed by atoms with E-state index in [1.54, 1.807) is 55.6 Å². The topological polar surface area (TPSA) is 182 Å². The summed E-state index contributed by atoms with van der Waals surface area (Å²) in [5, 5.41) is 13.8. The minimum absolute atomic E-state index is 0.0575.